The second kappa shape index (κ2) is 4.91. The molecular formula is C18H23NO. The molecule has 1 amide bonds. The van der Waals surface area contributed by atoms with Crippen LogP contribution in [0.4, 0.5) is 0 Å². The van der Waals surface area contributed by atoms with Crippen molar-refractivity contribution in [3.63, 3.8) is 0 Å². The van der Waals surface area contributed by atoms with Crippen LogP contribution in [0.1, 0.15) is 44.1 Å². The Morgan fingerprint density at radius 2 is 1.85 bits per heavy atom. The number of fused-ring (bicyclic) bond motifs is 2. The largest absolute Gasteiger partial charge is 0.335 e. The Bertz CT molecular complexity index is 493. The highest BCUT2D eigenvalue weighted by Gasteiger charge is 2.46. The van der Waals surface area contributed by atoms with Crippen molar-refractivity contribution in [3.05, 3.63) is 35.9 Å². The third-order valence-electron chi connectivity index (χ3n) is 5.52. The van der Waals surface area contributed by atoms with Gasteiger partial charge in [-0.15, -0.1) is 0 Å². The van der Waals surface area contributed by atoms with Crippen molar-refractivity contribution in [1.29, 1.82) is 0 Å². The van der Waals surface area contributed by atoms with E-state index in [-0.39, 0.29) is 0 Å². The average molecular weight is 269 g/mol. The number of rotatable bonds is 4. The van der Waals surface area contributed by atoms with E-state index in [9.17, 15) is 4.79 Å². The van der Waals surface area contributed by atoms with Crippen molar-refractivity contribution in [2.24, 2.45) is 17.8 Å². The number of nitrogens with zero attached hydrogens (tertiary/aromatic N) is 1. The molecule has 0 aliphatic heterocycles. The molecule has 2 heteroatoms. The molecule has 3 aliphatic carbocycles. The van der Waals surface area contributed by atoms with Crippen LogP contribution in [0.15, 0.2) is 30.3 Å². The fraction of sp³-hybridized carbons (Fsp3) is 0.611. The van der Waals surface area contributed by atoms with Crippen LogP contribution in [0.3, 0.4) is 0 Å². The van der Waals surface area contributed by atoms with Gasteiger partial charge in [-0.25, -0.2) is 0 Å². The lowest BCUT2D eigenvalue weighted by molar-refractivity contribution is -0.138. The Kier molecular flexibility index (Phi) is 3.05. The lowest BCUT2D eigenvalue weighted by Crippen LogP contribution is -2.39. The summed E-state index contributed by atoms with van der Waals surface area (Å²) in [6, 6.07) is 11.0. The van der Waals surface area contributed by atoms with E-state index in [2.05, 4.69) is 29.2 Å². The van der Waals surface area contributed by atoms with Crippen LogP contribution in [0.5, 0.6) is 0 Å². The second-order valence-corrected chi connectivity index (χ2v) is 6.96. The maximum absolute atomic E-state index is 12.9. The lowest BCUT2D eigenvalue weighted by atomic mass is 9.87. The summed E-state index contributed by atoms with van der Waals surface area (Å²) in [6.45, 7) is 0.818. The molecule has 3 saturated carbocycles. The van der Waals surface area contributed by atoms with Crippen LogP contribution < -0.4 is 0 Å². The molecule has 0 heterocycles. The molecule has 20 heavy (non-hydrogen) atoms. The lowest BCUT2D eigenvalue weighted by Gasteiger charge is -2.29. The number of hydrogen-bond donors (Lipinski definition) is 0. The van der Waals surface area contributed by atoms with E-state index >= 15 is 0 Å². The average Bonchev–Trinajstić information content (AvgIpc) is 3.11. The van der Waals surface area contributed by atoms with Crippen molar-refractivity contribution >= 4 is 5.91 Å². The van der Waals surface area contributed by atoms with Crippen molar-refractivity contribution in [2.75, 3.05) is 0 Å². The molecule has 3 fully saturated rings. The minimum Gasteiger partial charge on any atom is -0.335 e. The highest BCUT2D eigenvalue weighted by atomic mass is 16.2. The van der Waals surface area contributed by atoms with Crippen LogP contribution in [-0.2, 0) is 11.3 Å². The van der Waals surface area contributed by atoms with Gasteiger partial charge in [-0.1, -0.05) is 36.8 Å². The zero-order chi connectivity index (χ0) is 13.5. The summed E-state index contributed by atoms with van der Waals surface area (Å²) in [6.07, 6.45) is 7.57. The predicted molar refractivity (Wildman–Crippen MR) is 79.0 cm³/mol. The van der Waals surface area contributed by atoms with E-state index in [4.69, 9.17) is 0 Å². The minimum absolute atomic E-state index is 0.345. The molecule has 3 aliphatic rings. The van der Waals surface area contributed by atoms with Gasteiger partial charge >= 0.3 is 0 Å². The maximum Gasteiger partial charge on any atom is 0.226 e. The number of benzene rings is 1. The van der Waals surface area contributed by atoms with E-state index < -0.39 is 0 Å². The topological polar surface area (TPSA) is 20.3 Å². The molecule has 2 nitrogen and oxygen atoms in total. The summed E-state index contributed by atoms with van der Waals surface area (Å²) in [5.41, 5.74) is 1.27. The maximum atomic E-state index is 12.9. The van der Waals surface area contributed by atoms with Crippen molar-refractivity contribution in [2.45, 2.75) is 51.1 Å². The van der Waals surface area contributed by atoms with E-state index in [0.29, 0.717) is 23.8 Å². The highest BCUT2D eigenvalue weighted by molar-refractivity contribution is 5.80. The van der Waals surface area contributed by atoms with Gasteiger partial charge in [-0.05, 0) is 49.5 Å². The van der Waals surface area contributed by atoms with Gasteiger partial charge in [0.25, 0.3) is 0 Å². The van der Waals surface area contributed by atoms with Crippen LogP contribution in [0.2, 0.25) is 0 Å². The van der Waals surface area contributed by atoms with Crippen molar-refractivity contribution in [3.8, 4) is 0 Å². The van der Waals surface area contributed by atoms with Crippen LogP contribution in [0.25, 0.3) is 0 Å². The smallest absolute Gasteiger partial charge is 0.226 e. The molecule has 3 atom stereocenters. The zero-order valence-electron chi connectivity index (χ0n) is 12.0. The van der Waals surface area contributed by atoms with Gasteiger partial charge in [0, 0.05) is 18.5 Å². The molecule has 0 N–H and O–H groups in total. The highest BCUT2D eigenvalue weighted by Crippen LogP contribution is 2.49. The Hall–Kier alpha value is -1.31. The van der Waals surface area contributed by atoms with Gasteiger partial charge in [-0.2, -0.15) is 0 Å². The quantitative estimate of drug-likeness (QED) is 0.817. The van der Waals surface area contributed by atoms with E-state index in [1.54, 1.807) is 0 Å². The SMILES string of the molecule is O=C(C1CC2CCC1C2)N(Cc1ccccc1)C1CC1. The van der Waals surface area contributed by atoms with Gasteiger partial charge < -0.3 is 4.90 Å². The summed E-state index contributed by atoms with van der Waals surface area (Å²) >= 11 is 0. The van der Waals surface area contributed by atoms with Crippen LogP contribution in [-0.4, -0.2) is 16.8 Å². The Morgan fingerprint density at radius 1 is 1.05 bits per heavy atom. The Balaban J connectivity index is 1.49. The fourth-order valence-corrected chi connectivity index (χ4v) is 4.31. The van der Waals surface area contributed by atoms with E-state index in [0.717, 1.165) is 12.5 Å². The second-order valence-electron chi connectivity index (χ2n) is 6.96. The molecule has 0 radical (unpaired) electrons. The first-order valence-corrected chi connectivity index (χ1v) is 8.15. The summed E-state index contributed by atoms with van der Waals surface area (Å²) in [5, 5.41) is 0. The normalized spacial score (nSPS) is 31.5. The molecule has 0 aromatic heterocycles. The van der Waals surface area contributed by atoms with Gasteiger partial charge in [-0.3, -0.25) is 4.79 Å². The predicted octanol–water partition coefficient (Wildman–Crippen LogP) is 3.61. The monoisotopic (exact) mass is 269 g/mol. The number of carbonyl (C=O) groups excluding carboxylic acids is 1. The Labute approximate surface area is 121 Å². The molecule has 3 unspecified atom stereocenters. The summed E-state index contributed by atoms with van der Waals surface area (Å²) < 4.78 is 0. The number of amides is 1. The summed E-state index contributed by atoms with van der Waals surface area (Å²) in [7, 11) is 0. The van der Waals surface area contributed by atoms with Crippen LogP contribution in [0, 0.1) is 17.8 Å². The first-order valence-electron chi connectivity index (χ1n) is 8.15. The van der Waals surface area contributed by atoms with E-state index in [1.807, 2.05) is 6.07 Å². The van der Waals surface area contributed by atoms with Crippen molar-refractivity contribution in [1.82, 2.24) is 4.90 Å². The van der Waals surface area contributed by atoms with Gasteiger partial charge in [0.05, 0.1) is 0 Å². The molecule has 4 rings (SSSR count). The van der Waals surface area contributed by atoms with Crippen molar-refractivity contribution < 1.29 is 4.79 Å². The number of carbonyl (C=O) groups is 1. The molecule has 0 spiro atoms. The van der Waals surface area contributed by atoms with Gasteiger partial charge in [0.1, 0.15) is 0 Å². The Morgan fingerprint density at radius 3 is 2.45 bits per heavy atom. The molecule has 2 bridgehead atoms. The van der Waals surface area contributed by atoms with Crippen LogP contribution >= 0.6 is 0 Å². The standard InChI is InChI=1S/C18H23NO/c20-18(17-11-14-6-7-15(17)10-14)19(16-8-9-16)12-13-4-2-1-3-5-13/h1-5,14-17H,6-12H2. The first kappa shape index (κ1) is 12.4. The fourth-order valence-electron chi connectivity index (χ4n) is 4.31. The molecule has 1 aromatic carbocycles. The summed E-state index contributed by atoms with van der Waals surface area (Å²) in [5.74, 6) is 2.36. The third-order valence-corrected chi connectivity index (χ3v) is 5.52. The third kappa shape index (κ3) is 2.25. The number of hydrogen-bond acceptors (Lipinski definition) is 1. The van der Waals surface area contributed by atoms with E-state index in [1.165, 1.54) is 44.1 Å². The van der Waals surface area contributed by atoms with Gasteiger partial charge in [0.2, 0.25) is 5.91 Å². The zero-order valence-corrected chi connectivity index (χ0v) is 12.0. The molecule has 0 saturated heterocycles. The molecule has 106 valence electrons. The first-order chi connectivity index (χ1) is 9.81. The van der Waals surface area contributed by atoms with Gasteiger partial charge in [0.15, 0.2) is 0 Å². The minimum atomic E-state index is 0.345. The molecular weight excluding hydrogens is 246 g/mol. The summed E-state index contributed by atoms with van der Waals surface area (Å²) in [4.78, 5) is 15.1. The molecule has 1 aromatic rings.